The van der Waals surface area contributed by atoms with Crippen molar-refractivity contribution in [2.75, 3.05) is 26.3 Å². The molecule has 0 bridgehead atoms. The average molecular weight is 260 g/mol. The molecule has 0 aliphatic carbocycles. The molecule has 0 spiro atoms. The van der Waals surface area contributed by atoms with Crippen LogP contribution in [0.25, 0.3) is 0 Å². The lowest BCUT2D eigenvalue weighted by Gasteiger charge is -2.36. The van der Waals surface area contributed by atoms with Crippen molar-refractivity contribution in [3.8, 4) is 11.8 Å². The molecule has 4 heteroatoms. The molecule has 1 aliphatic heterocycles. The van der Waals surface area contributed by atoms with E-state index in [0.717, 1.165) is 25.4 Å². The van der Waals surface area contributed by atoms with Gasteiger partial charge in [0.05, 0.1) is 24.3 Å². The molecule has 19 heavy (non-hydrogen) atoms. The highest BCUT2D eigenvalue weighted by Gasteiger charge is 2.22. The number of morpholine rings is 1. The summed E-state index contributed by atoms with van der Waals surface area (Å²) in [5.41, 5.74) is 0.656. The number of rotatable bonds is 4. The molecule has 102 valence electrons. The molecule has 0 N–H and O–H groups in total. The minimum atomic E-state index is 0.297. The molecule has 1 saturated heterocycles. The molecule has 2 atom stereocenters. The van der Waals surface area contributed by atoms with Gasteiger partial charge < -0.3 is 9.47 Å². The Kier molecular flexibility index (Phi) is 4.78. The molecule has 0 saturated carbocycles. The highest BCUT2D eigenvalue weighted by Crippen LogP contribution is 2.13. The van der Waals surface area contributed by atoms with Crippen LogP contribution in [0.2, 0.25) is 0 Å². The normalized spacial score (nSPS) is 23.8. The number of ether oxygens (including phenoxy) is 2. The van der Waals surface area contributed by atoms with Gasteiger partial charge in [0.25, 0.3) is 0 Å². The van der Waals surface area contributed by atoms with E-state index in [9.17, 15) is 0 Å². The lowest BCUT2D eigenvalue weighted by Crippen LogP contribution is -2.48. The maximum atomic E-state index is 8.72. The SMILES string of the molecule is C[C@H]1CN(CCOc2ccc(C#N)cc2)[C@@H](C)CO1. The van der Waals surface area contributed by atoms with Crippen LogP contribution in [0.3, 0.4) is 0 Å². The highest BCUT2D eigenvalue weighted by molar-refractivity contribution is 5.34. The van der Waals surface area contributed by atoms with Crippen molar-refractivity contribution in [3.05, 3.63) is 29.8 Å². The molecule has 4 nitrogen and oxygen atoms in total. The lowest BCUT2D eigenvalue weighted by molar-refractivity contribution is -0.0522. The van der Waals surface area contributed by atoms with E-state index >= 15 is 0 Å². The third-order valence-electron chi connectivity index (χ3n) is 3.37. The van der Waals surface area contributed by atoms with E-state index in [2.05, 4.69) is 24.8 Å². The summed E-state index contributed by atoms with van der Waals surface area (Å²) in [6.45, 7) is 7.57. The maximum Gasteiger partial charge on any atom is 0.119 e. The molecule has 0 aromatic heterocycles. The van der Waals surface area contributed by atoms with Crippen LogP contribution in [-0.2, 0) is 4.74 Å². The van der Waals surface area contributed by atoms with Gasteiger partial charge in [0.15, 0.2) is 0 Å². The number of hydrogen-bond donors (Lipinski definition) is 0. The van der Waals surface area contributed by atoms with Crippen molar-refractivity contribution in [1.82, 2.24) is 4.90 Å². The number of nitriles is 1. The van der Waals surface area contributed by atoms with Crippen LogP contribution in [0.1, 0.15) is 19.4 Å². The van der Waals surface area contributed by atoms with E-state index in [4.69, 9.17) is 14.7 Å². The first-order valence-electron chi connectivity index (χ1n) is 6.67. The van der Waals surface area contributed by atoms with Crippen LogP contribution in [0.15, 0.2) is 24.3 Å². The summed E-state index contributed by atoms with van der Waals surface area (Å²) in [5, 5.41) is 8.72. The third-order valence-corrected chi connectivity index (χ3v) is 3.37. The predicted octanol–water partition coefficient (Wildman–Crippen LogP) is 2.05. The zero-order chi connectivity index (χ0) is 13.7. The van der Waals surface area contributed by atoms with Crippen LogP contribution >= 0.6 is 0 Å². The number of hydrogen-bond acceptors (Lipinski definition) is 4. The molecule has 1 aliphatic rings. The van der Waals surface area contributed by atoms with Gasteiger partial charge in [0.1, 0.15) is 12.4 Å². The Morgan fingerprint density at radius 3 is 2.79 bits per heavy atom. The number of nitrogens with zero attached hydrogens (tertiary/aromatic N) is 2. The number of benzene rings is 1. The molecule has 1 aromatic rings. The fourth-order valence-corrected chi connectivity index (χ4v) is 2.19. The molecular formula is C15H20N2O2. The maximum absolute atomic E-state index is 8.72. The van der Waals surface area contributed by atoms with E-state index in [1.165, 1.54) is 0 Å². The Morgan fingerprint density at radius 1 is 1.37 bits per heavy atom. The Labute approximate surface area is 114 Å². The van der Waals surface area contributed by atoms with Gasteiger partial charge in [0.2, 0.25) is 0 Å². The summed E-state index contributed by atoms with van der Waals surface area (Å²) < 4.78 is 11.3. The van der Waals surface area contributed by atoms with Gasteiger partial charge in [-0.2, -0.15) is 5.26 Å². The van der Waals surface area contributed by atoms with E-state index in [1.54, 1.807) is 12.1 Å². The van der Waals surface area contributed by atoms with Crippen LogP contribution < -0.4 is 4.74 Å². The first kappa shape index (κ1) is 13.9. The lowest BCUT2D eigenvalue weighted by atomic mass is 10.2. The molecule has 0 amide bonds. The molecule has 2 rings (SSSR count). The van der Waals surface area contributed by atoms with Gasteiger partial charge in [-0.05, 0) is 38.1 Å². The summed E-state index contributed by atoms with van der Waals surface area (Å²) in [4.78, 5) is 2.39. The fraction of sp³-hybridized carbons (Fsp3) is 0.533. The Balaban J connectivity index is 1.77. The van der Waals surface area contributed by atoms with Gasteiger partial charge in [-0.1, -0.05) is 0 Å². The van der Waals surface area contributed by atoms with Crippen LogP contribution in [0.5, 0.6) is 5.75 Å². The van der Waals surface area contributed by atoms with Crippen LogP contribution in [0, 0.1) is 11.3 Å². The molecule has 1 fully saturated rings. The third kappa shape index (κ3) is 3.95. The average Bonchev–Trinajstić information content (AvgIpc) is 2.43. The topological polar surface area (TPSA) is 45.5 Å². The van der Waals surface area contributed by atoms with Gasteiger partial charge in [-0.25, -0.2) is 0 Å². The van der Waals surface area contributed by atoms with Gasteiger partial charge in [0, 0.05) is 19.1 Å². The van der Waals surface area contributed by atoms with Gasteiger partial charge >= 0.3 is 0 Å². The summed E-state index contributed by atoms with van der Waals surface area (Å²) >= 11 is 0. The Hall–Kier alpha value is -1.57. The largest absolute Gasteiger partial charge is 0.492 e. The minimum absolute atomic E-state index is 0.297. The van der Waals surface area contributed by atoms with Gasteiger partial charge in [-0.3, -0.25) is 4.90 Å². The van der Waals surface area contributed by atoms with Crippen molar-refractivity contribution in [2.24, 2.45) is 0 Å². The quantitative estimate of drug-likeness (QED) is 0.831. The summed E-state index contributed by atoms with van der Waals surface area (Å²) in [6.07, 6.45) is 0.297. The first-order valence-corrected chi connectivity index (χ1v) is 6.67. The van der Waals surface area contributed by atoms with E-state index in [1.807, 2.05) is 12.1 Å². The smallest absolute Gasteiger partial charge is 0.119 e. The van der Waals surface area contributed by atoms with E-state index < -0.39 is 0 Å². The van der Waals surface area contributed by atoms with Gasteiger partial charge in [-0.15, -0.1) is 0 Å². The summed E-state index contributed by atoms with van der Waals surface area (Å²) in [7, 11) is 0. The second-order valence-electron chi connectivity index (χ2n) is 4.97. The second kappa shape index (κ2) is 6.55. The van der Waals surface area contributed by atoms with Crippen molar-refractivity contribution >= 4 is 0 Å². The first-order chi connectivity index (χ1) is 9.19. The van der Waals surface area contributed by atoms with Crippen molar-refractivity contribution in [3.63, 3.8) is 0 Å². The standard InChI is InChI=1S/C15H20N2O2/c1-12-11-19-13(2)10-17(12)7-8-18-15-5-3-14(9-16)4-6-15/h3-6,12-13H,7-8,10-11H2,1-2H3/t12-,13-/m0/s1. The van der Waals surface area contributed by atoms with E-state index in [0.29, 0.717) is 24.3 Å². The minimum Gasteiger partial charge on any atom is -0.492 e. The van der Waals surface area contributed by atoms with Crippen LogP contribution in [-0.4, -0.2) is 43.3 Å². The van der Waals surface area contributed by atoms with Crippen LogP contribution in [0.4, 0.5) is 0 Å². The van der Waals surface area contributed by atoms with Crippen molar-refractivity contribution in [2.45, 2.75) is 26.0 Å². The van der Waals surface area contributed by atoms with E-state index in [-0.39, 0.29) is 0 Å². The molecule has 0 unspecified atom stereocenters. The zero-order valence-corrected chi connectivity index (χ0v) is 11.5. The molecular weight excluding hydrogens is 240 g/mol. The Bertz CT molecular complexity index is 438. The highest BCUT2D eigenvalue weighted by atomic mass is 16.5. The second-order valence-corrected chi connectivity index (χ2v) is 4.97. The summed E-state index contributed by atoms with van der Waals surface area (Å²) in [5.74, 6) is 0.813. The van der Waals surface area contributed by atoms with Crippen molar-refractivity contribution in [1.29, 1.82) is 5.26 Å². The Morgan fingerprint density at radius 2 is 2.11 bits per heavy atom. The zero-order valence-electron chi connectivity index (χ0n) is 11.5. The molecule has 1 heterocycles. The molecule has 0 radical (unpaired) electrons. The summed E-state index contributed by atoms with van der Waals surface area (Å²) in [6, 6.07) is 9.76. The van der Waals surface area contributed by atoms with Crippen molar-refractivity contribution < 1.29 is 9.47 Å². The monoisotopic (exact) mass is 260 g/mol. The predicted molar refractivity (Wildman–Crippen MR) is 73.1 cm³/mol. The fourth-order valence-electron chi connectivity index (χ4n) is 2.19. The molecule has 1 aromatic carbocycles.